The van der Waals surface area contributed by atoms with Gasteiger partial charge in [0.2, 0.25) is 0 Å². The number of hydrogen-bond donors (Lipinski definition) is 0. The Bertz CT molecular complexity index is 361. The maximum atomic E-state index is 12.9. The second-order valence-corrected chi connectivity index (χ2v) is 2.65. The Hall–Kier alpha value is -1.38. The molecule has 0 radical (unpaired) electrons. The summed E-state index contributed by atoms with van der Waals surface area (Å²) in [7, 11) is 1.36. The van der Waals surface area contributed by atoms with E-state index in [1.54, 1.807) is 12.1 Å². The van der Waals surface area contributed by atoms with E-state index in [2.05, 4.69) is 0 Å². The molecule has 0 N–H and O–H groups in total. The highest BCUT2D eigenvalue weighted by atomic mass is 19.1. The van der Waals surface area contributed by atoms with Crippen LogP contribution in [0.2, 0.25) is 0 Å². The number of ether oxygens (including phenoxy) is 1. The van der Waals surface area contributed by atoms with E-state index in [1.807, 2.05) is 6.92 Å². The molecule has 0 aliphatic carbocycles. The largest absolute Gasteiger partial charge is 0.493 e. The summed E-state index contributed by atoms with van der Waals surface area (Å²) in [6, 6.07) is 4.31. The first-order valence-electron chi connectivity index (χ1n) is 4.05. The van der Waals surface area contributed by atoms with E-state index in [4.69, 9.17) is 4.74 Å². The molecule has 0 aliphatic heterocycles. The van der Waals surface area contributed by atoms with Crippen LogP contribution < -0.4 is 10.2 Å². The highest BCUT2D eigenvalue weighted by Crippen LogP contribution is 2.07. The van der Waals surface area contributed by atoms with Crippen LogP contribution in [0.15, 0.2) is 23.0 Å². The normalized spacial score (nSPS) is 9.77. The SMILES string of the molecule is CCc1ccc(F)c(=O)c(OC)c1. The van der Waals surface area contributed by atoms with E-state index < -0.39 is 11.2 Å². The smallest absolute Gasteiger partial charge is 0.255 e. The van der Waals surface area contributed by atoms with Crippen LogP contribution in [-0.4, -0.2) is 7.11 Å². The summed E-state index contributed by atoms with van der Waals surface area (Å²) in [5, 5.41) is 0. The third-order valence-corrected chi connectivity index (χ3v) is 1.83. The van der Waals surface area contributed by atoms with Crippen LogP contribution >= 0.6 is 0 Å². The zero-order valence-electron chi connectivity index (χ0n) is 7.63. The first-order chi connectivity index (χ1) is 6.19. The maximum absolute atomic E-state index is 12.9. The van der Waals surface area contributed by atoms with Crippen LogP contribution in [0.5, 0.6) is 5.75 Å². The molecule has 2 nitrogen and oxygen atoms in total. The van der Waals surface area contributed by atoms with Crippen LogP contribution in [0.25, 0.3) is 0 Å². The highest BCUT2D eigenvalue weighted by molar-refractivity contribution is 5.27. The first kappa shape index (κ1) is 9.71. The number of rotatable bonds is 2. The molecule has 0 aliphatic rings. The lowest BCUT2D eigenvalue weighted by molar-refractivity contribution is 0.407. The molecule has 0 saturated carbocycles. The summed E-state index contributed by atoms with van der Waals surface area (Å²) in [6.07, 6.45) is 0.740. The van der Waals surface area contributed by atoms with Gasteiger partial charge in [-0.25, -0.2) is 4.39 Å². The summed E-state index contributed by atoms with van der Waals surface area (Å²) in [5.41, 5.74) is 0.181. The van der Waals surface area contributed by atoms with Gasteiger partial charge in [0.25, 0.3) is 5.43 Å². The minimum atomic E-state index is -0.781. The standard InChI is InChI=1S/C10H11FO2/c1-3-7-4-5-8(11)10(12)9(6-7)13-2/h4-6H,3H2,1-2H3. The topological polar surface area (TPSA) is 26.3 Å². The fraction of sp³-hybridized carbons (Fsp3) is 0.300. The van der Waals surface area contributed by atoms with Crippen LogP contribution in [0, 0.1) is 5.82 Å². The molecule has 1 aromatic carbocycles. The number of hydrogen-bond acceptors (Lipinski definition) is 2. The fourth-order valence-corrected chi connectivity index (χ4v) is 1.03. The minimum absolute atomic E-state index is 0.0550. The van der Waals surface area contributed by atoms with Gasteiger partial charge in [-0.05, 0) is 24.1 Å². The van der Waals surface area contributed by atoms with Gasteiger partial charge >= 0.3 is 0 Å². The zero-order chi connectivity index (χ0) is 9.84. The van der Waals surface area contributed by atoms with E-state index in [-0.39, 0.29) is 5.75 Å². The van der Waals surface area contributed by atoms with E-state index in [1.165, 1.54) is 13.2 Å². The van der Waals surface area contributed by atoms with Crippen molar-refractivity contribution in [2.45, 2.75) is 13.3 Å². The summed E-state index contributed by atoms with van der Waals surface area (Å²) >= 11 is 0. The highest BCUT2D eigenvalue weighted by Gasteiger charge is 2.03. The molecule has 0 heterocycles. The predicted molar refractivity (Wildman–Crippen MR) is 48.6 cm³/mol. The van der Waals surface area contributed by atoms with Crippen LogP contribution in [0.3, 0.4) is 0 Å². The Morgan fingerprint density at radius 2 is 2.15 bits per heavy atom. The Balaban J connectivity index is 3.43. The van der Waals surface area contributed by atoms with Crippen molar-refractivity contribution in [1.29, 1.82) is 0 Å². The molecule has 3 heteroatoms. The molecule has 0 aromatic heterocycles. The molecular weight excluding hydrogens is 171 g/mol. The van der Waals surface area contributed by atoms with Gasteiger partial charge in [-0.2, -0.15) is 0 Å². The molecule has 0 atom stereocenters. The van der Waals surface area contributed by atoms with E-state index in [9.17, 15) is 9.18 Å². The van der Waals surface area contributed by atoms with Crippen molar-refractivity contribution in [3.05, 3.63) is 39.8 Å². The lowest BCUT2D eigenvalue weighted by Crippen LogP contribution is -2.05. The van der Waals surface area contributed by atoms with Gasteiger partial charge in [0.05, 0.1) is 7.11 Å². The summed E-state index contributed by atoms with van der Waals surface area (Å²) in [4.78, 5) is 11.2. The second-order valence-electron chi connectivity index (χ2n) is 2.65. The van der Waals surface area contributed by atoms with Crippen molar-refractivity contribution in [1.82, 2.24) is 0 Å². The van der Waals surface area contributed by atoms with Gasteiger partial charge in [0.15, 0.2) is 11.6 Å². The minimum Gasteiger partial charge on any atom is -0.493 e. The third-order valence-electron chi connectivity index (χ3n) is 1.83. The molecule has 1 rings (SSSR count). The molecule has 0 amide bonds. The maximum Gasteiger partial charge on any atom is 0.255 e. The third kappa shape index (κ3) is 2.05. The van der Waals surface area contributed by atoms with Crippen LogP contribution in [0.4, 0.5) is 4.39 Å². The Labute approximate surface area is 76.0 Å². The number of aryl methyl sites for hydroxylation is 1. The molecule has 0 spiro atoms. The molecule has 0 fully saturated rings. The van der Waals surface area contributed by atoms with E-state index >= 15 is 0 Å². The lowest BCUT2D eigenvalue weighted by Gasteiger charge is -1.94. The average molecular weight is 182 g/mol. The average Bonchev–Trinajstić information content (AvgIpc) is 2.29. The van der Waals surface area contributed by atoms with E-state index in [0.717, 1.165) is 12.0 Å². The molecule has 1 aromatic rings. The van der Waals surface area contributed by atoms with Crippen molar-refractivity contribution < 1.29 is 9.13 Å². The molecule has 70 valence electrons. The quantitative estimate of drug-likeness (QED) is 0.696. The number of halogens is 1. The monoisotopic (exact) mass is 182 g/mol. The van der Waals surface area contributed by atoms with Crippen LogP contribution in [0.1, 0.15) is 12.5 Å². The fourth-order valence-electron chi connectivity index (χ4n) is 1.03. The van der Waals surface area contributed by atoms with Gasteiger partial charge in [-0.1, -0.05) is 13.0 Å². The van der Waals surface area contributed by atoms with E-state index in [0.29, 0.717) is 0 Å². The molecule has 0 saturated heterocycles. The van der Waals surface area contributed by atoms with Crippen LogP contribution in [-0.2, 0) is 6.42 Å². The summed E-state index contributed by atoms with van der Waals surface area (Å²) < 4.78 is 17.7. The zero-order valence-corrected chi connectivity index (χ0v) is 7.63. The van der Waals surface area contributed by atoms with Gasteiger partial charge in [-0.15, -0.1) is 0 Å². The molecule has 0 bridgehead atoms. The summed E-state index contributed by atoms with van der Waals surface area (Å²) in [6.45, 7) is 1.93. The second kappa shape index (κ2) is 4.03. The number of methoxy groups -OCH3 is 1. The first-order valence-corrected chi connectivity index (χ1v) is 4.05. The molecule has 0 unspecified atom stereocenters. The van der Waals surface area contributed by atoms with Crippen molar-refractivity contribution in [2.75, 3.05) is 7.11 Å². The Morgan fingerprint density at radius 3 is 2.69 bits per heavy atom. The lowest BCUT2D eigenvalue weighted by atomic mass is 10.2. The molecular formula is C10H11FO2. The Morgan fingerprint density at radius 1 is 1.46 bits per heavy atom. The Kier molecular flexibility index (Phi) is 3.01. The van der Waals surface area contributed by atoms with Crippen molar-refractivity contribution in [3.8, 4) is 5.75 Å². The van der Waals surface area contributed by atoms with Gasteiger partial charge in [0.1, 0.15) is 0 Å². The van der Waals surface area contributed by atoms with Gasteiger partial charge in [-0.3, -0.25) is 4.79 Å². The predicted octanol–water partition coefficient (Wildman–Crippen LogP) is 1.76. The van der Waals surface area contributed by atoms with Crippen molar-refractivity contribution in [2.24, 2.45) is 0 Å². The van der Waals surface area contributed by atoms with Crippen molar-refractivity contribution >= 4 is 0 Å². The van der Waals surface area contributed by atoms with Gasteiger partial charge < -0.3 is 4.74 Å². The summed E-state index contributed by atoms with van der Waals surface area (Å²) in [5.74, 6) is -0.726. The molecule has 13 heavy (non-hydrogen) atoms. The van der Waals surface area contributed by atoms with Gasteiger partial charge in [0, 0.05) is 0 Å². The van der Waals surface area contributed by atoms with Crippen molar-refractivity contribution in [3.63, 3.8) is 0 Å².